The summed E-state index contributed by atoms with van der Waals surface area (Å²) < 4.78 is 5.02. The van der Waals surface area contributed by atoms with E-state index < -0.39 is 5.97 Å². The van der Waals surface area contributed by atoms with Gasteiger partial charge in [-0.05, 0) is 23.9 Å². The van der Waals surface area contributed by atoms with Crippen molar-refractivity contribution in [2.45, 2.75) is 13.5 Å². The van der Waals surface area contributed by atoms with Crippen molar-refractivity contribution in [3.05, 3.63) is 64.5 Å². The Morgan fingerprint density at radius 1 is 1.15 bits per heavy atom. The molecule has 134 valence electrons. The van der Waals surface area contributed by atoms with Gasteiger partial charge in [0.1, 0.15) is 16.4 Å². The highest BCUT2D eigenvalue weighted by atomic mass is 32.1. The molecule has 0 bridgehead atoms. The Bertz CT molecular complexity index is 860. The number of hydrogen-bond donors (Lipinski definition) is 0. The first-order chi connectivity index (χ1) is 12.7. The summed E-state index contributed by atoms with van der Waals surface area (Å²) >= 11 is 2.91. The second kappa shape index (κ2) is 8.73. The molecule has 3 aromatic rings. The molecule has 0 atom stereocenters. The molecular weight excluding hydrogens is 368 g/mol. The van der Waals surface area contributed by atoms with Gasteiger partial charge in [0.25, 0.3) is 5.91 Å². The summed E-state index contributed by atoms with van der Waals surface area (Å²) in [6.45, 7) is 2.28. The minimum Gasteiger partial charge on any atom is -0.465 e. The SMILES string of the molecule is CCOC(=O)CN(Cc1ccccc1)C(=O)c1cnc(-c2cccs2)s1. The van der Waals surface area contributed by atoms with Crippen molar-refractivity contribution in [2.75, 3.05) is 13.2 Å². The number of esters is 1. The lowest BCUT2D eigenvalue weighted by Gasteiger charge is -2.21. The van der Waals surface area contributed by atoms with Crippen molar-refractivity contribution < 1.29 is 14.3 Å². The molecule has 0 saturated heterocycles. The van der Waals surface area contributed by atoms with Gasteiger partial charge in [0.15, 0.2) is 0 Å². The fourth-order valence-electron chi connectivity index (χ4n) is 2.41. The lowest BCUT2D eigenvalue weighted by atomic mass is 10.2. The number of benzene rings is 1. The minimum atomic E-state index is -0.417. The molecule has 0 spiro atoms. The molecule has 2 heterocycles. The van der Waals surface area contributed by atoms with E-state index in [-0.39, 0.29) is 19.1 Å². The van der Waals surface area contributed by atoms with Crippen molar-refractivity contribution in [3.8, 4) is 9.88 Å². The highest BCUT2D eigenvalue weighted by Crippen LogP contribution is 2.29. The molecule has 26 heavy (non-hydrogen) atoms. The average molecular weight is 386 g/mol. The molecule has 5 nitrogen and oxygen atoms in total. The molecule has 2 aromatic heterocycles. The smallest absolute Gasteiger partial charge is 0.325 e. The van der Waals surface area contributed by atoms with E-state index in [0.717, 1.165) is 15.4 Å². The third-order valence-corrected chi connectivity index (χ3v) is 5.60. The quantitative estimate of drug-likeness (QED) is 0.574. The second-order valence-corrected chi connectivity index (χ2v) is 7.44. The monoisotopic (exact) mass is 386 g/mol. The molecule has 0 aliphatic heterocycles. The number of rotatable bonds is 7. The molecule has 7 heteroatoms. The van der Waals surface area contributed by atoms with Crippen LogP contribution in [0.3, 0.4) is 0 Å². The van der Waals surface area contributed by atoms with Gasteiger partial charge in [-0.15, -0.1) is 22.7 Å². The molecule has 1 amide bonds. The van der Waals surface area contributed by atoms with Crippen LogP contribution in [0.2, 0.25) is 0 Å². The summed E-state index contributed by atoms with van der Waals surface area (Å²) in [5.41, 5.74) is 0.952. The summed E-state index contributed by atoms with van der Waals surface area (Å²) in [6, 6.07) is 13.5. The highest BCUT2D eigenvalue weighted by Gasteiger charge is 2.22. The molecule has 3 rings (SSSR count). The molecule has 1 aromatic carbocycles. The largest absolute Gasteiger partial charge is 0.465 e. The number of aromatic nitrogens is 1. The average Bonchev–Trinajstić information content (AvgIpc) is 3.33. The second-order valence-electron chi connectivity index (χ2n) is 5.46. The van der Waals surface area contributed by atoms with Gasteiger partial charge in [-0.3, -0.25) is 9.59 Å². The van der Waals surface area contributed by atoms with Gasteiger partial charge in [0.05, 0.1) is 17.7 Å². The molecule has 0 aliphatic carbocycles. The lowest BCUT2D eigenvalue weighted by molar-refractivity contribution is -0.143. The Hall–Kier alpha value is -2.51. The number of amides is 1. The Labute approximate surface area is 159 Å². The van der Waals surface area contributed by atoms with Crippen LogP contribution in [0.4, 0.5) is 0 Å². The number of ether oxygens (including phenoxy) is 1. The van der Waals surface area contributed by atoms with Crippen LogP contribution in [-0.4, -0.2) is 34.9 Å². The van der Waals surface area contributed by atoms with Gasteiger partial charge in [0.2, 0.25) is 0 Å². The number of carbonyl (C=O) groups excluding carboxylic acids is 2. The maximum absolute atomic E-state index is 13.0. The first-order valence-electron chi connectivity index (χ1n) is 8.16. The first-order valence-corrected chi connectivity index (χ1v) is 9.85. The zero-order chi connectivity index (χ0) is 18.4. The van der Waals surface area contributed by atoms with Crippen LogP contribution in [0.25, 0.3) is 9.88 Å². The lowest BCUT2D eigenvalue weighted by Crippen LogP contribution is -2.35. The van der Waals surface area contributed by atoms with E-state index in [1.165, 1.54) is 16.2 Å². The predicted octanol–water partition coefficient (Wildman–Crippen LogP) is 4.08. The third-order valence-electron chi connectivity index (χ3n) is 3.58. The third kappa shape index (κ3) is 4.56. The van der Waals surface area contributed by atoms with E-state index in [2.05, 4.69) is 4.98 Å². The number of thiazole rings is 1. The Balaban J connectivity index is 1.80. The van der Waals surface area contributed by atoms with Crippen LogP contribution in [0, 0.1) is 0 Å². The van der Waals surface area contributed by atoms with Crippen molar-refractivity contribution in [2.24, 2.45) is 0 Å². The zero-order valence-corrected chi connectivity index (χ0v) is 15.9. The standard InChI is InChI=1S/C19H18N2O3S2/c1-2-24-17(22)13-21(12-14-7-4-3-5-8-14)19(23)16-11-20-18(26-16)15-9-6-10-25-15/h3-11H,2,12-13H2,1H3. The van der Waals surface area contributed by atoms with Crippen molar-refractivity contribution in [1.82, 2.24) is 9.88 Å². The fraction of sp³-hybridized carbons (Fsp3) is 0.211. The highest BCUT2D eigenvalue weighted by molar-refractivity contribution is 7.21. The molecule has 0 radical (unpaired) electrons. The molecule has 0 N–H and O–H groups in total. The molecule has 0 saturated carbocycles. The summed E-state index contributed by atoms with van der Waals surface area (Å²) in [5, 5.41) is 2.78. The van der Waals surface area contributed by atoms with E-state index in [0.29, 0.717) is 11.4 Å². The summed E-state index contributed by atoms with van der Waals surface area (Å²) in [7, 11) is 0. The van der Waals surface area contributed by atoms with E-state index in [4.69, 9.17) is 4.74 Å². The first kappa shape index (κ1) is 18.3. The van der Waals surface area contributed by atoms with Crippen LogP contribution in [-0.2, 0) is 16.1 Å². The maximum atomic E-state index is 13.0. The number of thiophene rings is 1. The fourth-order valence-corrected chi connectivity index (χ4v) is 4.10. The number of nitrogens with zero attached hydrogens (tertiary/aromatic N) is 2. The zero-order valence-electron chi connectivity index (χ0n) is 14.3. The Morgan fingerprint density at radius 3 is 2.65 bits per heavy atom. The maximum Gasteiger partial charge on any atom is 0.325 e. The topological polar surface area (TPSA) is 59.5 Å². The van der Waals surface area contributed by atoms with Crippen molar-refractivity contribution in [3.63, 3.8) is 0 Å². The summed E-state index contributed by atoms with van der Waals surface area (Å²) in [4.78, 5) is 32.3. The van der Waals surface area contributed by atoms with Crippen LogP contribution >= 0.6 is 22.7 Å². The van der Waals surface area contributed by atoms with Crippen molar-refractivity contribution >= 4 is 34.6 Å². The normalized spacial score (nSPS) is 10.5. The van der Waals surface area contributed by atoms with Crippen LogP contribution < -0.4 is 0 Å². The van der Waals surface area contributed by atoms with Gasteiger partial charge in [-0.25, -0.2) is 4.98 Å². The molecule has 0 aliphatic rings. The van der Waals surface area contributed by atoms with Crippen LogP contribution in [0.1, 0.15) is 22.2 Å². The van der Waals surface area contributed by atoms with E-state index >= 15 is 0 Å². The van der Waals surface area contributed by atoms with E-state index in [1.807, 2.05) is 47.8 Å². The minimum absolute atomic E-state index is 0.0895. The Morgan fingerprint density at radius 2 is 1.96 bits per heavy atom. The predicted molar refractivity (Wildman–Crippen MR) is 103 cm³/mol. The number of hydrogen-bond acceptors (Lipinski definition) is 6. The van der Waals surface area contributed by atoms with Gasteiger partial charge in [0, 0.05) is 6.54 Å². The van der Waals surface area contributed by atoms with E-state index in [9.17, 15) is 9.59 Å². The van der Waals surface area contributed by atoms with Gasteiger partial charge in [-0.2, -0.15) is 0 Å². The summed E-state index contributed by atoms with van der Waals surface area (Å²) in [5.74, 6) is -0.637. The molecular formula is C19H18N2O3S2. The molecule has 0 unspecified atom stereocenters. The van der Waals surface area contributed by atoms with Crippen molar-refractivity contribution in [1.29, 1.82) is 0 Å². The van der Waals surface area contributed by atoms with E-state index in [1.54, 1.807) is 24.5 Å². The van der Waals surface area contributed by atoms with Crippen LogP contribution in [0.15, 0.2) is 54.0 Å². The van der Waals surface area contributed by atoms with Gasteiger partial charge < -0.3 is 9.64 Å². The van der Waals surface area contributed by atoms with Gasteiger partial charge in [-0.1, -0.05) is 36.4 Å². The Kier molecular flexibility index (Phi) is 6.14. The van der Waals surface area contributed by atoms with Gasteiger partial charge >= 0.3 is 5.97 Å². The number of carbonyl (C=O) groups is 2. The van der Waals surface area contributed by atoms with Crippen LogP contribution in [0.5, 0.6) is 0 Å². The molecule has 0 fully saturated rings. The summed E-state index contributed by atoms with van der Waals surface area (Å²) in [6.07, 6.45) is 1.57.